The lowest BCUT2D eigenvalue weighted by Gasteiger charge is -2.16. The van der Waals surface area contributed by atoms with Gasteiger partial charge >= 0.3 is 0 Å². The van der Waals surface area contributed by atoms with Crippen LogP contribution >= 0.6 is 11.3 Å². The summed E-state index contributed by atoms with van der Waals surface area (Å²) in [5, 5.41) is 4.99. The van der Waals surface area contributed by atoms with E-state index in [4.69, 9.17) is 0 Å². The minimum atomic E-state index is -0.326. The topological polar surface area (TPSA) is 57.8 Å². The third-order valence-corrected chi connectivity index (χ3v) is 4.70. The van der Waals surface area contributed by atoms with E-state index in [2.05, 4.69) is 15.3 Å². The fraction of sp³-hybridized carbons (Fsp3) is 0.0526. The van der Waals surface area contributed by atoms with Crippen LogP contribution in [-0.2, 0) is 0 Å². The van der Waals surface area contributed by atoms with Gasteiger partial charge in [-0.05, 0) is 29.1 Å². The summed E-state index contributed by atoms with van der Waals surface area (Å²) in [4.78, 5) is 21.2. The molecule has 2 N–H and O–H groups in total. The Morgan fingerprint density at radius 3 is 2.54 bits per heavy atom. The molecule has 4 aromatic rings. The molecule has 1 amide bonds. The molecule has 24 heavy (non-hydrogen) atoms. The van der Waals surface area contributed by atoms with E-state index in [1.54, 1.807) is 0 Å². The Labute approximate surface area is 143 Å². The van der Waals surface area contributed by atoms with E-state index in [0.29, 0.717) is 4.88 Å². The van der Waals surface area contributed by atoms with Crippen LogP contribution in [-0.4, -0.2) is 15.9 Å². The molecule has 0 aliphatic carbocycles. The maximum atomic E-state index is 12.5. The quantitative estimate of drug-likeness (QED) is 0.589. The fourth-order valence-corrected chi connectivity index (χ4v) is 3.30. The van der Waals surface area contributed by atoms with E-state index in [1.807, 2.05) is 72.1 Å². The highest BCUT2D eigenvalue weighted by Crippen LogP contribution is 2.23. The minimum Gasteiger partial charge on any atom is -0.340 e. The molecular weight excluding hydrogens is 318 g/mol. The largest absolute Gasteiger partial charge is 0.340 e. The number of fused-ring (bicyclic) bond motifs is 1. The van der Waals surface area contributed by atoms with Crippen molar-refractivity contribution in [2.45, 2.75) is 6.04 Å². The van der Waals surface area contributed by atoms with E-state index in [0.717, 1.165) is 22.4 Å². The molecule has 0 aliphatic heterocycles. The first-order valence-corrected chi connectivity index (χ1v) is 8.53. The van der Waals surface area contributed by atoms with Crippen LogP contribution in [0.25, 0.3) is 11.0 Å². The number of nitrogens with zero attached hydrogens (tertiary/aromatic N) is 1. The minimum absolute atomic E-state index is 0.0979. The fourth-order valence-electron chi connectivity index (χ4n) is 2.67. The van der Waals surface area contributed by atoms with Crippen molar-refractivity contribution >= 4 is 28.3 Å². The molecule has 5 heteroatoms. The van der Waals surface area contributed by atoms with Crippen molar-refractivity contribution in [2.75, 3.05) is 0 Å². The molecule has 4 nitrogen and oxygen atoms in total. The molecule has 0 bridgehead atoms. The smallest absolute Gasteiger partial charge is 0.262 e. The van der Waals surface area contributed by atoms with Crippen molar-refractivity contribution in [1.29, 1.82) is 0 Å². The van der Waals surface area contributed by atoms with Gasteiger partial charge in [0.2, 0.25) is 0 Å². The van der Waals surface area contributed by atoms with Crippen LogP contribution in [0.15, 0.2) is 72.1 Å². The zero-order valence-corrected chi connectivity index (χ0v) is 13.6. The molecule has 0 spiro atoms. The molecule has 0 fully saturated rings. The van der Waals surface area contributed by atoms with Gasteiger partial charge in [-0.2, -0.15) is 0 Å². The molecule has 2 aromatic carbocycles. The molecule has 1 atom stereocenters. The van der Waals surface area contributed by atoms with Crippen LogP contribution in [0.5, 0.6) is 0 Å². The van der Waals surface area contributed by atoms with Crippen LogP contribution in [0, 0.1) is 0 Å². The van der Waals surface area contributed by atoms with Crippen molar-refractivity contribution in [3.63, 3.8) is 0 Å². The number of aromatic nitrogens is 2. The van der Waals surface area contributed by atoms with E-state index < -0.39 is 0 Å². The summed E-state index contributed by atoms with van der Waals surface area (Å²) >= 11 is 1.43. The molecule has 118 valence electrons. The highest BCUT2D eigenvalue weighted by atomic mass is 32.1. The number of hydrogen-bond acceptors (Lipinski definition) is 3. The van der Waals surface area contributed by atoms with Gasteiger partial charge in [-0.15, -0.1) is 11.3 Å². The number of rotatable bonds is 4. The normalized spacial score (nSPS) is 12.2. The predicted molar refractivity (Wildman–Crippen MR) is 96.2 cm³/mol. The first-order valence-electron chi connectivity index (χ1n) is 7.65. The molecule has 0 radical (unpaired) electrons. The maximum absolute atomic E-state index is 12.5. The summed E-state index contributed by atoms with van der Waals surface area (Å²) in [5.41, 5.74) is 2.83. The molecule has 2 heterocycles. The van der Waals surface area contributed by atoms with Crippen molar-refractivity contribution in [2.24, 2.45) is 0 Å². The maximum Gasteiger partial charge on any atom is 0.262 e. The Kier molecular flexibility index (Phi) is 3.84. The van der Waals surface area contributed by atoms with Crippen LogP contribution in [0.2, 0.25) is 0 Å². The monoisotopic (exact) mass is 333 g/mol. The number of imidazole rings is 1. The van der Waals surface area contributed by atoms with Gasteiger partial charge in [-0.1, -0.05) is 48.5 Å². The van der Waals surface area contributed by atoms with Crippen LogP contribution in [0.1, 0.15) is 27.1 Å². The number of carbonyl (C=O) groups is 1. The zero-order valence-electron chi connectivity index (χ0n) is 12.8. The summed E-state index contributed by atoms with van der Waals surface area (Å²) in [7, 11) is 0. The van der Waals surface area contributed by atoms with Crippen LogP contribution in [0.3, 0.4) is 0 Å². The van der Waals surface area contributed by atoms with Gasteiger partial charge < -0.3 is 10.3 Å². The highest BCUT2D eigenvalue weighted by Gasteiger charge is 2.21. The predicted octanol–water partition coefficient (Wildman–Crippen LogP) is 4.14. The SMILES string of the molecule is O=C(N[C@H](c1ccccc1)c1nc2ccccc2[nH]1)c1cccs1. The van der Waals surface area contributed by atoms with E-state index in [1.165, 1.54) is 11.3 Å². The number of benzene rings is 2. The second kappa shape index (κ2) is 6.29. The van der Waals surface area contributed by atoms with Crippen molar-refractivity contribution in [1.82, 2.24) is 15.3 Å². The lowest BCUT2D eigenvalue weighted by atomic mass is 10.1. The third-order valence-electron chi connectivity index (χ3n) is 3.83. The van der Waals surface area contributed by atoms with Gasteiger partial charge in [-0.3, -0.25) is 4.79 Å². The molecule has 0 unspecified atom stereocenters. The number of carbonyl (C=O) groups excluding carboxylic acids is 1. The van der Waals surface area contributed by atoms with Gasteiger partial charge in [0.15, 0.2) is 0 Å². The second-order valence-corrected chi connectivity index (χ2v) is 6.38. The number of aromatic amines is 1. The third kappa shape index (κ3) is 2.81. The Bertz CT molecular complexity index is 928. The zero-order chi connectivity index (χ0) is 16.4. The standard InChI is InChI=1S/C19H15N3OS/c23-19(16-11-6-12-24-16)22-17(13-7-2-1-3-8-13)18-20-14-9-4-5-10-15(14)21-18/h1-12,17H,(H,20,21)(H,22,23)/t17-/m1/s1. The summed E-state index contributed by atoms with van der Waals surface area (Å²) in [5.74, 6) is 0.631. The van der Waals surface area contributed by atoms with Gasteiger partial charge in [0, 0.05) is 0 Å². The molecule has 4 rings (SSSR count). The van der Waals surface area contributed by atoms with E-state index in [9.17, 15) is 4.79 Å². The van der Waals surface area contributed by atoms with E-state index in [-0.39, 0.29) is 11.9 Å². The Morgan fingerprint density at radius 2 is 1.79 bits per heavy atom. The van der Waals surface area contributed by atoms with E-state index >= 15 is 0 Å². The summed E-state index contributed by atoms with van der Waals surface area (Å²) in [6, 6.07) is 21.1. The van der Waals surface area contributed by atoms with Crippen molar-refractivity contribution in [3.8, 4) is 0 Å². The van der Waals surface area contributed by atoms with Gasteiger partial charge in [0.25, 0.3) is 5.91 Å². The van der Waals surface area contributed by atoms with Crippen LogP contribution in [0.4, 0.5) is 0 Å². The van der Waals surface area contributed by atoms with Gasteiger partial charge in [-0.25, -0.2) is 4.98 Å². The van der Waals surface area contributed by atoms with Crippen molar-refractivity contribution < 1.29 is 4.79 Å². The highest BCUT2D eigenvalue weighted by molar-refractivity contribution is 7.12. The number of thiophene rings is 1. The molecule has 0 saturated carbocycles. The summed E-state index contributed by atoms with van der Waals surface area (Å²) < 4.78 is 0. The van der Waals surface area contributed by atoms with Gasteiger partial charge in [0.1, 0.15) is 11.9 Å². The van der Waals surface area contributed by atoms with Crippen LogP contribution < -0.4 is 5.32 Å². The number of hydrogen-bond donors (Lipinski definition) is 2. The molecule has 0 saturated heterocycles. The lowest BCUT2D eigenvalue weighted by molar-refractivity contribution is 0.0946. The molecule has 2 aromatic heterocycles. The first-order chi connectivity index (χ1) is 11.8. The number of nitrogens with one attached hydrogen (secondary N) is 2. The van der Waals surface area contributed by atoms with Gasteiger partial charge in [0.05, 0.1) is 15.9 Å². The Morgan fingerprint density at radius 1 is 1.00 bits per heavy atom. The number of para-hydroxylation sites is 2. The molecule has 0 aliphatic rings. The number of amides is 1. The average molecular weight is 333 g/mol. The second-order valence-electron chi connectivity index (χ2n) is 5.43. The summed E-state index contributed by atoms with van der Waals surface area (Å²) in [6.07, 6.45) is 0. The lowest BCUT2D eigenvalue weighted by Crippen LogP contribution is -2.29. The Hall–Kier alpha value is -2.92. The summed E-state index contributed by atoms with van der Waals surface area (Å²) in [6.45, 7) is 0. The average Bonchev–Trinajstić information content (AvgIpc) is 3.29. The molecular formula is C19H15N3OS. The number of H-pyrrole nitrogens is 1. The Balaban J connectivity index is 1.74. The first kappa shape index (κ1) is 14.7. The van der Waals surface area contributed by atoms with Crippen molar-refractivity contribution in [3.05, 3.63) is 88.4 Å².